The minimum Gasteiger partial charge on any atom is -0.460 e. The van der Waals surface area contributed by atoms with Gasteiger partial charge in [0.1, 0.15) is 10.3 Å². The van der Waals surface area contributed by atoms with Crippen LogP contribution in [-0.2, 0) is 14.2 Å². The maximum absolute atomic E-state index is 13.0. The van der Waals surface area contributed by atoms with Crippen molar-refractivity contribution >= 4 is 44.6 Å². The lowest BCUT2D eigenvalue weighted by atomic mass is 9.99. The number of fused-ring (bicyclic) bond motifs is 1. The summed E-state index contributed by atoms with van der Waals surface area (Å²) in [5.41, 5.74) is 0.737. The molecule has 0 N–H and O–H groups in total. The van der Waals surface area contributed by atoms with Crippen LogP contribution < -0.4 is 4.90 Å². The Morgan fingerprint density at radius 3 is 2.72 bits per heavy atom. The zero-order chi connectivity index (χ0) is 21.0. The molecule has 0 radical (unpaired) electrons. The molecule has 2 aromatic rings. The number of ether oxygens (including phenoxy) is 3. The van der Waals surface area contributed by atoms with Crippen molar-refractivity contribution < 1.29 is 28.2 Å². The average molecular weight is 469 g/mol. The maximum atomic E-state index is 13.0. The number of halogens is 1. The van der Waals surface area contributed by atoms with Crippen LogP contribution in [0.1, 0.15) is 50.6 Å². The van der Waals surface area contributed by atoms with Gasteiger partial charge < -0.3 is 18.6 Å². The summed E-state index contributed by atoms with van der Waals surface area (Å²) in [6.45, 7) is 6.43. The number of carbonyl (C=O) groups excluding carboxylic acids is 2. The zero-order valence-electron chi connectivity index (χ0n) is 16.8. The average Bonchev–Trinajstić information content (AvgIpc) is 3.07. The summed E-state index contributed by atoms with van der Waals surface area (Å²) in [5.74, 6) is -0.669. The number of hydrogen-bond donors (Lipinski definition) is 0. The van der Waals surface area contributed by atoms with Gasteiger partial charge in [-0.25, -0.2) is 14.6 Å². The number of pyridine rings is 1. The van der Waals surface area contributed by atoms with Crippen molar-refractivity contribution in [2.45, 2.75) is 52.2 Å². The Morgan fingerprint density at radius 2 is 2.03 bits per heavy atom. The molecule has 1 fully saturated rings. The molecule has 3 rings (SSSR count). The monoisotopic (exact) mass is 468 g/mol. The first-order valence-corrected chi connectivity index (χ1v) is 10.6. The lowest BCUT2D eigenvalue weighted by Crippen LogP contribution is -2.46. The predicted molar refractivity (Wildman–Crippen MR) is 110 cm³/mol. The van der Waals surface area contributed by atoms with Crippen LogP contribution in [0.4, 0.5) is 10.5 Å². The van der Waals surface area contributed by atoms with Crippen LogP contribution in [0.25, 0.3) is 11.0 Å². The van der Waals surface area contributed by atoms with Crippen LogP contribution in [0.3, 0.4) is 0 Å². The van der Waals surface area contributed by atoms with Gasteiger partial charge in [0.15, 0.2) is 5.58 Å². The van der Waals surface area contributed by atoms with Crippen LogP contribution in [0.15, 0.2) is 21.3 Å². The molecule has 0 unspecified atom stereocenters. The Labute approximate surface area is 177 Å². The number of nitrogens with zero attached hydrogens (tertiary/aromatic N) is 2. The first-order chi connectivity index (χ1) is 14.0. The Bertz CT molecular complexity index is 883. The molecule has 8 nitrogen and oxygen atoms in total. The van der Waals surface area contributed by atoms with Crippen molar-refractivity contribution in [1.82, 2.24) is 4.98 Å². The molecule has 0 aliphatic carbocycles. The summed E-state index contributed by atoms with van der Waals surface area (Å²) in [6.07, 6.45) is 3.10. The Hall–Kier alpha value is -2.13. The van der Waals surface area contributed by atoms with E-state index in [1.807, 2.05) is 6.92 Å². The van der Waals surface area contributed by atoms with E-state index in [2.05, 4.69) is 20.9 Å². The largest absolute Gasteiger partial charge is 0.460 e. The molecule has 158 valence electrons. The van der Waals surface area contributed by atoms with Gasteiger partial charge in [-0.05, 0) is 55.1 Å². The third kappa shape index (κ3) is 4.56. The van der Waals surface area contributed by atoms with Gasteiger partial charge in [-0.15, -0.1) is 0 Å². The first-order valence-electron chi connectivity index (χ1n) is 9.82. The summed E-state index contributed by atoms with van der Waals surface area (Å²) in [6, 6.07) is 1.52. The number of esters is 1. The minimum atomic E-state index is -0.636. The smallest absolute Gasteiger partial charge is 0.414 e. The molecule has 0 aromatic carbocycles. The fourth-order valence-electron chi connectivity index (χ4n) is 3.53. The highest BCUT2D eigenvalue weighted by Crippen LogP contribution is 2.39. The second-order valence-electron chi connectivity index (χ2n) is 6.65. The lowest BCUT2D eigenvalue weighted by Gasteiger charge is -2.36. The summed E-state index contributed by atoms with van der Waals surface area (Å²) in [7, 11) is 0. The van der Waals surface area contributed by atoms with Crippen molar-refractivity contribution in [2.24, 2.45) is 0 Å². The summed E-state index contributed by atoms with van der Waals surface area (Å²) >= 11 is 3.35. The zero-order valence-corrected chi connectivity index (χ0v) is 18.4. The van der Waals surface area contributed by atoms with E-state index in [-0.39, 0.29) is 31.1 Å². The molecule has 0 saturated carbocycles. The molecular weight excluding hydrogens is 444 g/mol. The highest BCUT2D eigenvalue weighted by Gasteiger charge is 2.37. The van der Waals surface area contributed by atoms with E-state index in [1.54, 1.807) is 19.9 Å². The molecule has 0 bridgehead atoms. The fraction of sp³-hybridized carbons (Fsp3) is 0.550. The third-order valence-corrected chi connectivity index (χ3v) is 5.28. The molecule has 0 spiro atoms. The van der Waals surface area contributed by atoms with Gasteiger partial charge in [0.25, 0.3) is 0 Å². The molecule has 1 amide bonds. The quantitative estimate of drug-likeness (QED) is 0.448. The minimum absolute atomic E-state index is 0.0308. The topological polar surface area (TPSA) is 91.1 Å². The van der Waals surface area contributed by atoms with Gasteiger partial charge in [-0.1, -0.05) is 6.92 Å². The predicted octanol–water partition coefficient (Wildman–Crippen LogP) is 4.69. The summed E-state index contributed by atoms with van der Waals surface area (Å²) in [4.78, 5) is 31.4. The highest BCUT2D eigenvalue weighted by molar-refractivity contribution is 9.10. The second kappa shape index (κ2) is 9.58. The molecule has 2 aromatic heterocycles. The SMILES string of the molecule is CCOC(=O)c1oc2cnc(Br)cc2c1N(C(=O)OCC)[C@H]1CCO[C@@H](CC)C1. The van der Waals surface area contributed by atoms with Crippen LogP contribution in [0.5, 0.6) is 0 Å². The second-order valence-corrected chi connectivity index (χ2v) is 7.46. The van der Waals surface area contributed by atoms with Crippen LogP contribution in [-0.4, -0.2) is 49.0 Å². The van der Waals surface area contributed by atoms with Gasteiger partial charge in [-0.2, -0.15) is 0 Å². The molecule has 2 atom stereocenters. The van der Waals surface area contributed by atoms with E-state index >= 15 is 0 Å². The van der Waals surface area contributed by atoms with E-state index in [4.69, 9.17) is 18.6 Å². The number of anilines is 1. The van der Waals surface area contributed by atoms with Crippen molar-refractivity contribution in [3.8, 4) is 0 Å². The van der Waals surface area contributed by atoms with E-state index < -0.39 is 12.1 Å². The molecule has 1 aliphatic heterocycles. The number of aromatic nitrogens is 1. The van der Waals surface area contributed by atoms with Gasteiger partial charge in [0, 0.05) is 18.0 Å². The van der Waals surface area contributed by atoms with E-state index in [1.165, 1.54) is 11.1 Å². The number of rotatable bonds is 6. The van der Waals surface area contributed by atoms with E-state index in [0.29, 0.717) is 40.7 Å². The summed E-state index contributed by atoms with van der Waals surface area (Å²) < 4.78 is 22.6. The van der Waals surface area contributed by atoms with E-state index in [0.717, 1.165) is 6.42 Å². The standard InChI is InChI=1S/C20H25BrN2O6/c1-4-13-9-12(7-8-28-13)23(20(25)27-6-3)17-14-10-16(21)22-11-15(14)29-18(17)19(24)26-5-2/h10-13H,4-9H2,1-3H3/t12-,13-/m0/s1. The lowest BCUT2D eigenvalue weighted by molar-refractivity contribution is 0.00465. The van der Waals surface area contributed by atoms with Crippen LogP contribution in [0.2, 0.25) is 0 Å². The van der Waals surface area contributed by atoms with Crippen molar-refractivity contribution in [2.75, 3.05) is 24.7 Å². The van der Waals surface area contributed by atoms with Crippen molar-refractivity contribution in [3.63, 3.8) is 0 Å². The number of carbonyl (C=O) groups is 2. The maximum Gasteiger partial charge on any atom is 0.414 e. The molecule has 1 aliphatic rings. The molecule has 9 heteroatoms. The molecule has 3 heterocycles. The highest BCUT2D eigenvalue weighted by atomic mass is 79.9. The third-order valence-electron chi connectivity index (χ3n) is 4.84. The van der Waals surface area contributed by atoms with Gasteiger partial charge in [0.2, 0.25) is 5.76 Å². The Balaban J connectivity index is 2.17. The molecule has 1 saturated heterocycles. The molecular formula is C20H25BrN2O6. The Morgan fingerprint density at radius 1 is 1.28 bits per heavy atom. The number of amides is 1. The first kappa shape index (κ1) is 21.6. The van der Waals surface area contributed by atoms with Crippen molar-refractivity contribution in [1.29, 1.82) is 0 Å². The summed E-state index contributed by atoms with van der Waals surface area (Å²) in [5, 5.41) is 0.586. The fourth-order valence-corrected chi connectivity index (χ4v) is 3.86. The molecule has 29 heavy (non-hydrogen) atoms. The number of furan rings is 1. The van der Waals surface area contributed by atoms with Crippen LogP contribution in [0, 0.1) is 0 Å². The van der Waals surface area contributed by atoms with Gasteiger partial charge in [0.05, 0.1) is 25.5 Å². The van der Waals surface area contributed by atoms with E-state index in [9.17, 15) is 9.59 Å². The normalized spacial score (nSPS) is 19.2. The number of hydrogen-bond acceptors (Lipinski definition) is 7. The Kier molecular flexibility index (Phi) is 7.13. The van der Waals surface area contributed by atoms with Gasteiger partial charge in [-0.3, -0.25) is 4.90 Å². The van der Waals surface area contributed by atoms with Gasteiger partial charge >= 0.3 is 12.1 Å². The van der Waals surface area contributed by atoms with Crippen molar-refractivity contribution in [3.05, 3.63) is 22.6 Å². The van der Waals surface area contributed by atoms with Crippen LogP contribution >= 0.6 is 15.9 Å².